The number of ether oxygens (including phenoxy) is 1. The van der Waals surface area contributed by atoms with Gasteiger partial charge in [0.2, 0.25) is 0 Å². The highest BCUT2D eigenvalue weighted by atomic mass is 35.5. The van der Waals surface area contributed by atoms with Gasteiger partial charge in [-0.15, -0.1) is 0 Å². The van der Waals surface area contributed by atoms with E-state index in [2.05, 4.69) is 5.32 Å². The molecule has 1 fully saturated rings. The number of aryl methyl sites for hydroxylation is 2. The van der Waals surface area contributed by atoms with Crippen LogP contribution in [0, 0.1) is 13.8 Å². The number of carbonyl (C=O) groups is 1. The minimum Gasteiger partial charge on any atom is -0.370 e. The van der Waals surface area contributed by atoms with Crippen LogP contribution in [-0.4, -0.2) is 32.2 Å². The van der Waals surface area contributed by atoms with Gasteiger partial charge in [-0.25, -0.2) is 0 Å². The Morgan fingerprint density at radius 3 is 2.28 bits per heavy atom. The van der Waals surface area contributed by atoms with Gasteiger partial charge >= 0.3 is 0 Å². The molecule has 0 aliphatic carbocycles. The Bertz CT molecular complexity index is 720. The molecule has 2 aromatic carbocycles. The summed E-state index contributed by atoms with van der Waals surface area (Å²) in [7, 11) is 0. The van der Waals surface area contributed by atoms with Crippen LogP contribution in [0.4, 0.5) is 5.69 Å². The van der Waals surface area contributed by atoms with E-state index < -0.39 is 0 Å². The number of benzene rings is 2. The van der Waals surface area contributed by atoms with Crippen molar-refractivity contribution < 1.29 is 14.4 Å². The summed E-state index contributed by atoms with van der Waals surface area (Å²) >= 11 is 6.03. The molecule has 0 unspecified atom stereocenters. The standard InChI is InChI=1S/C20H23ClN2O2/c1-14-4-3-5-15(2)18(14)22-20(24)19(23-10-12-25-13-11-23)16-6-8-17(21)9-7-16/h3-9,19H,10-13H2,1-2H3,(H,22,24)/p+1/t19-/m0/s1. The Morgan fingerprint density at radius 2 is 1.68 bits per heavy atom. The van der Waals surface area contributed by atoms with Crippen LogP contribution >= 0.6 is 11.6 Å². The molecule has 4 nitrogen and oxygen atoms in total. The highest BCUT2D eigenvalue weighted by molar-refractivity contribution is 6.30. The van der Waals surface area contributed by atoms with Crippen LogP contribution in [-0.2, 0) is 9.53 Å². The van der Waals surface area contributed by atoms with Crippen molar-refractivity contribution >= 4 is 23.2 Å². The SMILES string of the molecule is Cc1cccc(C)c1NC(=O)[C@H](c1ccc(Cl)cc1)[NH+]1CCOCC1. The fourth-order valence-electron chi connectivity index (χ4n) is 3.36. The fraction of sp³-hybridized carbons (Fsp3) is 0.350. The van der Waals surface area contributed by atoms with E-state index in [9.17, 15) is 4.79 Å². The number of morpholine rings is 1. The molecule has 0 bridgehead atoms. The molecule has 1 aliphatic rings. The normalized spacial score (nSPS) is 16.4. The van der Waals surface area contributed by atoms with Crippen molar-refractivity contribution in [2.24, 2.45) is 0 Å². The van der Waals surface area contributed by atoms with E-state index in [1.807, 2.05) is 56.3 Å². The zero-order valence-corrected chi connectivity index (χ0v) is 15.4. The van der Waals surface area contributed by atoms with E-state index in [0.29, 0.717) is 18.2 Å². The van der Waals surface area contributed by atoms with Gasteiger partial charge < -0.3 is 15.0 Å². The quantitative estimate of drug-likeness (QED) is 0.881. The van der Waals surface area contributed by atoms with E-state index in [1.54, 1.807) is 0 Å². The number of halogens is 1. The molecular weight excluding hydrogens is 336 g/mol. The molecule has 2 N–H and O–H groups in total. The lowest BCUT2D eigenvalue weighted by Crippen LogP contribution is -3.15. The fourth-order valence-corrected chi connectivity index (χ4v) is 3.48. The van der Waals surface area contributed by atoms with Gasteiger partial charge in [0.25, 0.3) is 5.91 Å². The summed E-state index contributed by atoms with van der Waals surface area (Å²) in [4.78, 5) is 14.4. The molecule has 0 radical (unpaired) electrons. The monoisotopic (exact) mass is 359 g/mol. The van der Waals surface area contributed by atoms with E-state index >= 15 is 0 Å². The van der Waals surface area contributed by atoms with Gasteiger partial charge in [-0.05, 0) is 37.1 Å². The van der Waals surface area contributed by atoms with Crippen molar-refractivity contribution in [1.82, 2.24) is 0 Å². The Morgan fingerprint density at radius 1 is 1.08 bits per heavy atom. The largest absolute Gasteiger partial charge is 0.370 e. The summed E-state index contributed by atoms with van der Waals surface area (Å²) in [5.74, 6) is 0.0108. The molecule has 0 aromatic heterocycles. The number of carbonyl (C=O) groups excluding carboxylic acids is 1. The van der Waals surface area contributed by atoms with Crippen LogP contribution in [0.2, 0.25) is 5.02 Å². The van der Waals surface area contributed by atoms with Gasteiger partial charge in [0.15, 0.2) is 6.04 Å². The Labute approximate surface area is 153 Å². The molecule has 0 saturated carbocycles. The Kier molecular flexibility index (Phi) is 5.74. The molecule has 1 aliphatic heterocycles. The minimum atomic E-state index is -0.278. The van der Waals surface area contributed by atoms with Crippen LogP contribution in [0.15, 0.2) is 42.5 Å². The van der Waals surface area contributed by atoms with E-state index in [0.717, 1.165) is 35.5 Å². The highest BCUT2D eigenvalue weighted by Gasteiger charge is 2.33. The second-order valence-electron chi connectivity index (χ2n) is 6.51. The smallest absolute Gasteiger partial charge is 0.287 e. The molecule has 0 spiro atoms. The minimum absolute atomic E-state index is 0.0108. The van der Waals surface area contributed by atoms with Crippen LogP contribution in [0.1, 0.15) is 22.7 Å². The van der Waals surface area contributed by atoms with E-state index in [4.69, 9.17) is 16.3 Å². The zero-order valence-electron chi connectivity index (χ0n) is 14.6. The summed E-state index contributed by atoms with van der Waals surface area (Å²) in [6.45, 7) is 7.01. The number of nitrogens with one attached hydrogen (secondary N) is 2. The predicted molar refractivity (Wildman–Crippen MR) is 100 cm³/mol. The third-order valence-corrected chi connectivity index (χ3v) is 4.99. The Balaban J connectivity index is 1.90. The average Bonchev–Trinajstić information content (AvgIpc) is 2.61. The van der Waals surface area contributed by atoms with Gasteiger partial charge in [0.05, 0.1) is 13.2 Å². The van der Waals surface area contributed by atoms with Gasteiger partial charge in [0.1, 0.15) is 13.1 Å². The lowest BCUT2D eigenvalue weighted by Gasteiger charge is -2.31. The number of rotatable bonds is 4. The van der Waals surface area contributed by atoms with Gasteiger partial charge in [-0.2, -0.15) is 0 Å². The van der Waals surface area contributed by atoms with E-state index in [-0.39, 0.29) is 11.9 Å². The molecule has 132 valence electrons. The van der Waals surface area contributed by atoms with Gasteiger partial charge in [-0.1, -0.05) is 41.9 Å². The van der Waals surface area contributed by atoms with Gasteiger partial charge in [0, 0.05) is 16.3 Å². The van der Waals surface area contributed by atoms with Crippen LogP contribution in [0.25, 0.3) is 0 Å². The molecular formula is C20H24ClN2O2+. The summed E-state index contributed by atoms with van der Waals surface area (Å²) < 4.78 is 5.47. The maximum absolute atomic E-state index is 13.2. The maximum Gasteiger partial charge on any atom is 0.287 e. The summed E-state index contributed by atoms with van der Waals surface area (Å²) in [5, 5.41) is 3.83. The molecule has 2 aromatic rings. The first-order valence-electron chi connectivity index (χ1n) is 8.61. The first-order valence-corrected chi connectivity index (χ1v) is 8.99. The van der Waals surface area contributed by atoms with Crippen molar-refractivity contribution in [3.8, 4) is 0 Å². The van der Waals surface area contributed by atoms with Crippen molar-refractivity contribution in [3.63, 3.8) is 0 Å². The highest BCUT2D eigenvalue weighted by Crippen LogP contribution is 2.22. The number of hydrogen-bond donors (Lipinski definition) is 2. The second kappa shape index (κ2) is 8.00. The summed E-state index contributed by atoms with van der Waals surface area (Å²) in [5.41, 5.74) is 4.02. The maximum atomic E-state index is 13.2. The van der Waals surface area contributed by atoms with Crippen LogP contribution < -0.4 is 10.2 Å². The lowest BCUT2D eigenvalue weighted by atomic mass is 10.0. The number of para-hydroxylation sites is 1. The molecule has 1 saturated heterocycles. The summed E-state index contributed by atoms with van der Waals surface area (Å²) in [6.07, 6.45) is 0. The molecule has 1 amide bonds. The second-order valence-corrected chi connectivity index (χ2v) is 6.95. The molecule has 1 heterocycles. The zero-order chi connectivity index (χ0) is 17.8. The van der Waals surface area contributed by atoms with Crippen LogP contribution in [0.5, 0.6) is 0 Å². The number of anilines is 1. The topological polar surface area (TPSA) is 42.8 Å². The molecule has 1 atom stereocenters. The number of hydrogen-bond acceptors (Lipinski definition) is 2. The third kappa shape index (κ3) is 4.21. The number of quaternary nitrogens is 1. The summed E-state index contributed by atoms with van der Waals surface area (Å²) in [6, 6.07) is 13.3. The average molecular weight is 360 g/mol. The van der Waals surface area contributed by atoms with Crippen molar-refractivity contribution in [1.29, 1.82) is 0 Å². The number of amides is 1. The molecule has 5 heteroatoms. The van der Waals surface area contributed by atoms with Crippen molar-refractivity contribution in [3.05, 3.63) is 64.2 Å². The van der Waals surface area contributed by atoms with Crippen LogP contribution in [0.3, 0.4) is 0 Å². The lowest BCUT2D eigenvalue weighted by molar-refractivity contribution is -0.929. The molecule has 3 rings (SSSR count). The van der Waals surface area contributed by atoms with Crippen molar-refractivity contribution in [2.75, 3.05) is 31.6 Å². The van der Waals surface area contributed by atoms with Crippen molar-refractivity contribution in [2.45, 2.75) is 19.9 Å². The third-order valence-electron chi connectivity index (χ3n) is 4.74. The molecule has 25 heavy (non-hydrogen) atoms. The van der Waals surface area contributed by atoms with Gasteiger partial charge in [-0.3, -0.25) is 4.79 Å². The Hall–Kier alpha value is -1.88. The predicted octanol–water partition coefficient (Wildman–Crippen LogP) is 2.55. The first kappa shape index (κ1) is 17.9. The van der Waals surface area contributed by atoms with E-state index in [1.165, 1.54) is 4.90 Å². The first-order chi connectivity index (χ1) is 12.1.